The maximum atomic E-state index is 12.5. The van der Waals surface area contributed by atoms with E-state index in [1.165, 1.54) is 12.8 Å². The van der Waals surface area contributed by atoms with Gasteiger partial charge in [-0.05, 0) is 57.1 Å². The van der Waals surface area contributed by atoms with Gasteiger partial charge in [-0.15, -0.1) is 0 Å². The summed E-state index contributed by atoms with van der Waals surface area (Å²) in [7, 11) is 0. The highest BCUT2D eigenvalue weighted by Crippen LogP contribution is 2.28. The van der Waals surface area contributed by atoms with Crippen LogP contribution in [0.4, 0.5) is 0 Å². The Morgan fingerprint density at radius 3 is 2.36 bits per heavy atom. The smallest absolute Gasteiger partial charge is 0.223 e. The first-order chi connectivity index (χ1) is 12.1. The lowest BCUT2D eigenvalue weighted by Gasteiger charge is -2.30. The molecule has 1 aromatic rings. The molecule has 5 nitrogen and oxygen atoms in total. The summed E-state index contributed by atoms with van der Waals surface area (Å²) in [4.78, 5) is 28.8. The Labute approximate surface area is 150 Å². The molecule has 1 atom stereocenters. The van der Waals surface area contributed by atoms with Gasteiger partial charge in [0.2, 0.25) is 11.8 Å². The normalized spacial score (nSPS) is 25.3. The summed E-state index contributed by atoms with van der Waals surface area (Å²) in [6.07, 6.45) is 11.5. The molecule has 2 aliphatic carbocycles. The zero-order chi connectivity index (χ0) is 17.6. The van der Waals surface area contributed by atoms with Crippen LogP contribution in [0.2, 0.25) is 0 Å². The van der Waals surface area contributed by atoms with Gasteiger partial charge in [-0.1, -0.05) is 18.9 Å². The molecule has 2 fully saturated rings. The standard InChI is InChI=1S/C20H29N3O2/c1-14(17-7-4-12-21-13-17)22-19(24)16-8-10-18(11-9-16)23-20(25)15-5-2-3-6-15/h4,7,12-16,18H,2-3,5-6,8-11H2,1H3,(H,22,24)(H,23,25). The van der Waals surface area contributed by atoms with E-state index in [1.807, 2.05) is 19.1 Å². The van der Waals surface area contributed by atoms with Crippen molar-refractivity contribution in [2.45, 2.75) is 70.4 Å². The van der Waals surface area contributed by atoms with Crippen LogP contribution < -0.4 is 10.6 Å². The molecule has 0 spiro atoms. The minimum Gasteiger partial charge on any atom is -0.353 e. The Balaban J connectivity index is 1.42. The fourth-order valence-corrected chi connectivity index (χ4v) is 4.05. The largest absolute Gasteiger partial charge is 0.353 e. The lowest BCUT2D eigenvalue weighted by molar-refractivity contribution is -0.127. The van der Waals surface area contributed by atoms with E-state index in [0.717, 1.165) is 44.1 Å². The number of hydrogen-bond donors (Lipinski definition) is 2. The first-order valence-corrected chi connectivity index (χ1v) is 9.64. The Hall–Kier alpha value is -1.91. The zero-order valence-electron chi connectivity index (χ0n) is 15.0. The number of rotatable bonds is 5. The molecule has 3 rings (SSSR count). The quantitative estimate of drug-likeness (QED) is 0.863. The SMILES string of the molecule is CC(NC(=O)C1CCC(NC(=O)C2CCCC2)CC1)c1cccnc1. The van der Waals surface area contributed by atoms with Crippen molar-refractivity contribution < 1.29 is 9.59 Å². The summed E-state index contributed by atoms with van der Waals surface area (Å²) in [5.41, 5.74) is 1.02. The van der Waals surface area contributed by atoms with Gasteiger partial charge in [0.25, 0.3) is 0 Å². The van der Waals surface area contributed by atoms with Gasteiger partial charge in [0, 0.05) is 30.3 Å². The van der Waals surface area contributed by atoms with E-state index in [1.54, 1.807) is 12.4 Å². The molecule has 0 saturated heterocycles. The van der Waals surface area contributed by atoms with Gasteiger partial charge >= 0.3 is 0 Å². The second kappa shape index (κ2) is 8.45. The van der Waals surface area contributed by atoms with Crippen molar-refractivity contribution in [3.63, 3.8) is 0 Å². The van der Waals surface area contributed by atoms with Gasteiger partial charge in [0.05, 0.1) is 6.04 Å². The minimum atomic E-state index is -0.0269. The number of pyridine rings is 1. The van der Waals surface area contributed by atoms with Crippen LogP contribution in [0.5, 0.6) is 0 Å². The average molecular weight is 343 g/mol. The van der Waals surface area contributed by atoms with Crippen LogP contribution in [-0.2, 0) is 9.59 Å². The van der Waals surface area contributed by atoms with Crippen molar-refractivity contribution in [1.29, 1.82) is 0 Å². The molecule has 1 aromatic heterocycles. The van der Waals surface area contributed by atoms with Crippen molar-refractivity contribution in [3.05, 3.63) is 30.1 Å². The molecular formula is C20H29N3O2. The van der Waals surface area contributed by atoms with Gasteiger partial charge in [0.15, 0.2) is 0 Å². The molecule has 0 aliphatic heterocycles. The number of hydrogen-bond acceptors (Lipinski definition) is 3. The molecule has 0 aromatic carbocycles. The molecule has 0 radical (unpaired) electrons. The molecule has 2 amide bonds. The first kappa shape index (κ1) is 17.9. The predicted octanol–water partition coefficient (Wildman–Crippen LogP) is 3.12. The van der Waals surface area contributed by atoms with Crippen LogP contribution >= 0.6 is 0 Å². The van der Waals surface area contributed by atoms with Crippen molar-refractivity contribution in [2.75, 3.05) is 0 Å². The summed E-state index contributed by atoms with van der Waals surface area (Å²) in [6.45, 7) is 1.99. The number of amides is 2. The lowest BCUT2D eigenvalue weighted by atomic mass is 9.85. The van der Waals surface area contributed by atoms with E-state index in [4.69, 9.17) is 0 Å². The third kappa shape index (κ3) is 4.80. The first-order valence-electron chi connectivity index (χ1n) is 9.64. The van der Waals surface area contributed by atoms with Crippen LogP contribution in [0.1, 0.15) is 69.9 Å². The highest BCUT2D eigenvalue weighted by atomic mass is 16.2. The Morgan fingerprint density at radius 2 is 1.72 bits per heavy atom. The van der Waals surface area contributed by atoms with E-state index >= 15 is 0 Å². The van der Waals surface area contributed by atoms with Crippen LogP contribution in [0.25, 0.3) is 0 Å². The van der Waals surface area contributed by atoms with Gasteiger partial charge in [-0.3, -0.25) is 14.6 Å². The Kier molecular flexibility index (Phi) is 6.05. The van der Waals surface area contributed by atoms with Gasteiger partial charge < -0.3 is 10.6 Å². The van der Waals surface area contributed by atoms with E-state index < -0.39 is 0 Å². The molecular weight excluding hydrogens is 314 g/mol. The second-order valence-corrected chi connectivity index (χ2v) is 7.56. The fraction of sp³-hybridized carbons (Fsp3) is 0.650. The van der Waals surface area contributed by atoms with E-state index in [-0.39, 0.29) is 35.7 Å². The van der Waals surface area contributed by atoms with Gasteiger partial charge in [-0.2, -0.15) is 0 Å². The summed E-state index contributed by atoms with van der Waals surface area (Å²) < 4.78 is 0. The molecule has 1 unspecified atom stereocenters. The van der Waals surface area contributed by atoms with Crippen LogP contribution in [0, 0.1) is 11.8 Å². The van der Waals surface area contributed by atoms with Crippen molar-refractivity contribution in [3.8, 4) is 0 Å². The van der Waals surface area contributed by atoms with E-state index in [2.05, 4.69) is 15.6 Å². The molecule has 136 valence electrons. The number of nitrogens with zero attached hydrogens (tertiary/aromatic N) is 1. The number of carbonyl (C=O) groups is 2. The van der Waals surface area contributed by atoms with Crippen LogP contribution in [0.15, 0.2) is 24.5 Å². The third-order valence-corrected chi connectivity index (χ3v) is 5.71. The van der Waals surface area contributed by atoms with E-state index in [9.17, 15) is 9.59 Å². The Bertz CT molecular complexity index is 576. The lowest BCUT2D eigenvalue weighted by Crippen LogP contribution is -2.42. The maximum Gasteiger partial charge on any atom is 0.223 e. The molecule has 25 heavy (non-hydrogen) atoms. The number of carbonyl (C=O) groups excluding carboxylic acids is 2. The molecule has 0 bridgehead atoms. The van der Waals surface area contributed by atoms with Gasteiger partial charge in [-0.25, -0.2) is 0 Å². The molecule has 2 N–H and O–H groups in total. The number of aromatic nitrogens is 1. The average Bonchev–Trinajstić information content (AvgIpc) is 3.18. The van der Waals surface area contributed by atoms with E-state index in [0.29, 0.717) is 0 Å². The van der Waals surface area contributed by atoms with Crippen molar-refractivity contribution in [2.24, 2.45) is 11.8 Å². The monoisotopic (exact) mass is 343 g/mol. The van der Waals surface area contributed by atoms with Crippen LogP contribution in [-0.4, -0.2) is 22.8 Å². The molecule has 2 saturated carbocycles. The summed E-state index contributed by atoms with van der Waals surface area (Å²) in [6, 6.07) is 4.08. The van der Waals surface area contributed by atoms with Crippen molar-refractivity contribution in [1.82, 2.24) is 15.6 Å². The molecule has 1 heterocycles. The predicted molar refractivity (Wildman–Crippen MR) is 96.6 cm³/mol. The second-order valence-electron chi connectivity index (χ2n) is 7.56. The highest BCUT2D eigenvalue weighted by Gasteiger charge is 2.30. The molecule has 2 aliphatic rings. The topological polar surface area (TPSA) is 71.1 Å². The summed E-state index contributed by atoms with van der Waals surface area (Å²) in [5, 5.41) is 6.31. The third-order valence-electron chi connectivity index (χ3n) is 5.71. The maximum absolute atomic E-state index is 12.5. The van der Waals surface area contributed by atoms with Crippen molar-refractivity contribution >= 4 is 11.8 Å². The zero-order valence-corrected chi connectivity index (χ0v) is 15.0. The summed E-state index contributed by atoms with van der Waals surface area (Å²) in [5.74, 6) is 0.632. The summed E-state index contributed by atoms with van der Waals surface area (Å²) >= 11 is 0. The molecule has 5 heteroatoms. The Morgan fingerprint density at radius 1 is 1.04 bits per heavy atom. The van der Waals surface area contributed by atoms with Gasteiger partial charge in [0.1, 0.15) is 0 Å². The fourth-order valence-electron chi connectivity index (χ4n) is 4.05. The minimum absolute atomic E-state index is 0.0269. The number of nitrogens with one attached hydrogen (secondary N) is 2. The van der Waals surface area contributed by atoms with Crippen LogP contribution in [0.3, 0.4) is 0 Å². The highest BCUT2D eigenvalue weighted by molar-refractivity contribution is 5.80.